The zero-order valence-electron chi connectivity index (χ0n) is 14.2. The Hall–Kier alpha value is -3.22. The molecule has 0 spiro atoms. The van der Waals surface area contributed by atoms with Crippen LogP contribution < -0.4 is 10.9 Å². The summed E-state index contributed by atoms with van der Waals surface area (Å²) in [5, 5.41) is 3.16. The van der Waals surface area contributed by atoms with Gasteiger partial charge in [-0.25, -0.2) is 4.98 Å². The number of hydrogen-bond acceptors (Lipinski definition) is 4. The summed E-state index contributed by atoms with van der Waals surface area (Å²) in [7, 11) is 0. The van der Waals surface area contributed by atoms with Gasteiger partial charge in [-0.15, -0.1) is 0 Å². The summed E-state index contributed by atoms with van der Waals surface area (Å²) < 4.78 is 1.33. The summed E-state index contributed by atoms with van der Waals surface area (Å²) in [6.07, 6.45) is 0. The number of aromatic amines is 1. The van der Waals surface area contributed by atoms with Crippen LogP contribution in [-0.4, -0.2) is 26.2 Å². The number of H-pyrrole nitrogens is 1. The van der Waals surface area contributed by atoms with E-state index in [-0.39, 0.29) is 23.8 Å². The minimum atomic E-state index is -0.362. The van der Waals surface area contributed by atoms with Gasteiger partial charge in [0, 0.05) is 16.9 Å². The van der Waals surface area contributed by atoms with Crippen LogP contribution in [0.1, 0.15) is 28.8 Å². The van der Waals surface area contributed by atoms with Gasteiger partial charge in [0.2, 0.25) is 5.91 Å². The highest BCUT2D eigenvalue weighted by Crippen LogP contribution is 2.12. The highest BCUT2D eigenvalue weighted by molar-refractivity contribution is 5.97. The van der Waals surface area contributed by atoms with Gasteiger partial charge in [-0.2, -0.15) is 0 Å². The number of ketones is 1. The van der Waals surface area contributed by atoms with Crippen LogP contribution in [0.25, 0.3) is 11.0 Å². The number of aromatic nitrogens is 3. The zero-order chi connectivity index (χ0) is 18.1. The van der Waals surface area contributed by atoms with Gasteiger partial charge in [-0.1, -0.05) is 12.1 Å². The number of amides is 1. The maximum Gasteiger partial charge on any atom is 0.263 e. The number of rotatable bonds is 4. The summed E-state index contributed by atoms with van der Waals surface area (Å²) >= 11 is 0. The molecule has 25 heavy (non-hydrogen) atoms. The molecule has 0 atom stereocenters. The molecule has 0 saturated carbocycles. The van der Waals surface area contributed by atoms with Crippen molar-refractivity contribution in [2.75, 3.05) is 5.32 Å². The molecule has 0 fully saturated rings. The lowest BCUT2D eigenvalue weighted by Crippen LogP contribution is -2.30. The molecule has 0 radical (unpaired) electrons. The van der Waals surface area contributed by atoms with Gasteiger partial charge in [-0.05, 0) is 39.0 Å². The third kappa shape index (κ3) is 3.35. The molecule has 2 aromatic heterocycles. The van der Waals surface area contributed by atoms with Crippen LogP contribution in [0.4, 0.5) is 5.69 Å². The van der Waals surface area contributed by atoms with Gasteiger partial charge in [-0.3, -0.25) is 19.0 Å². The first kappa shape index (κ1) is 16.6. The maximum atomic E-state index is 12.6. The van der Waals surface area contributed by atoms with Crippen LogP contribution in [0, 0.1) is 13.8 Å². The second-order valence-corrected chi connectivity index (χ2v) is 5.95. The molecule has 1 amide bonds. The van der Waals surface area contributed by atoms with Crippen molar-refractivity contribution >= 4 is 28.4 Å². The van der Waals surface area contributed by atoms with Crippen LogP contribution in [0.2, 0.25) is 0 Å². The Balaban J connectivity index is 1.86. The molecule has 7 heteroatoms. The predicted molar refractivity (Wildman–Crippen MR) is 94.9 cm³/mol. The molecule has 0 aliphatic carbocycles. The standard InChI is InChI=1S/C18H18N4O3/c1-10-7-15-17(19-10)20-12(3)22(18(15)25)9-16(24)21-14-6-4-5-13(8-14)11(2)23/h4-8,19H,9H2,1-3H3,(H,21,24). The third-order valence-electron chi connectivity index (χ3n) is 3.93. The van der Waals surface area contributed by atoms with Crippen molar-refractivity contribution in [2.45, 2.75) is 27.3 Å². The second-order valence-electron chi connectivity index (χ2n) is 5.95. The monoisotopic (exact) mass is 338 g/mol. The normalized spacial score (nSPS) is 10.8. The van der Waals surface area contributed by atoms with Gasteiger partial charge in [0.15, 0.2) is 5.78 Å². The molecule has 1 aromatic carbocycles. The van der Waals surface area contributed by atoms with E-state index in [0.29, 0.717) is 28.1 Å². The molecular weight excluding hydrogens is 320 g/mol. The number of hydrogen-bond donors (Lipinski definition) is 2. The predicted octanol–water partition coefficient (Wildman–Crippen LogP) is 2.18. The largest absolute Gasteiger partial charge is 0.343 e. The van der Waals surface area contributed by atoms with Crippen LogP contribution in [0.5, 0.6) is 0 Å². The van der Waals surface area contributed by atoms with E-state index in [1.807, 2.05) is 6.92 Å². The Bertz CT molecular complexity index is 1050. The highest BCUT2D eigenvalue weighted by Gasteiger charge is 2.13. The van der Waals surface area contributed by atoms with Crippen molar-refractivity contribution in [1.82, 2.24) is 14.5 Å². The van der Waals surface area contributed by atoms with Crippen molar-refractivity contribution in [3.8, 4) is 0 Å². The fourth-order valence-corrected chi connectivity index (χ4v) is 2.69. The molecule has 0 saturated heterocycles. The molecule has 7 nitrogen and oxygen atoms in total. The van der Waals surface area contributed by atoms with Crippen LogP contribution >= 0.6 is 0 Å². The fraction of sp³-hybridized carbons (Fsp3) is 0.222. The smallest absolute Gasteiger partial charge is 0.263 e. The van der Waals surface area contributed by atoms with E-state index >= 15 is 0 Å². The van der Waals surface area contributed by atoms with E-state index in [1.54, 1.807) is 37.3 Å². The van der Waals surface area contributed by atoms with E-state index in [1.165, 1.54) is 11.5 Å². The number of fused-ring (bicyclic) bond motifs is 1. The number of carbonyl (C=O) groups excluding carboxylic acids is 2. The number of benzene rings is 1. The van der Waals surface area contributed by atoms with Gasteiger partial charge in [0.25, 0.3) is 5.56 Å². The highest BCUT2D eigenvalue weighted by atomic mass is 16.2. The Morgan fingerprint density at radius 1 is 1.24 bits per heavy atom. The van der Waals surface area contributed by atoms with E-state index in [4.69, 9.17) is 0 Å². The summed E-state index contributed by atoms with van der Waals surface area (Å²) in [5.74, 6) is 0.00642. The van der Waals surface area contributed by atoms with E-state index < -0.39 is 0 Å². The lowest BCUT2D eigenvalue weighted by molar-refractivity contribution is -0.116. The second kappa shape index (κ2) is 6.35. The maximum absolute atomic E-state index is 12.6. The molecule has 0 aliphatic heterocycles. The minimum absolute atomic E-state index is 0.0827. The molecule has 0 aliphatic rings. The SMILES string of the molecule is CC(=O)c1cccc(NC(=O)Cn2c(C)nc3[nH]c(C)cc3c2=O)c1. The van der Waals surface area contributed by atoms with Crippen LogP contribution in [-0.2, 0) is 11.3 Å². The van der Waals surface area contributed by atoms with Crippen molar-refractivity contribution in [2.24, 2.45) is 0 Å². The number of carbonyl (C=O) groups is 2. The molecule has 2 N–H and O–H groups in total. The van der Waals surface area contributed by atoms with Gasteiger partial charge < -0.3 is 10.3 Å². The first-order valence-electron chi connectivity index (χ1n) is 7.83. The number of anilines is 1. The van der Waals surface area contributed by atoms with E-state index in [9.17, 15) is 14.4 Å². The molecule has 0 unspecified atom stereocenters. The molecule has 3 rings (SSSR count). The Labute approximate surface area is 143 Å². The zero-order valence-corrected chi connectivity index (χ0v) is 14.2. The van der Waals surface area contributed by atoms with E-state index in [0.717, 1.165) is 5.69 Å². The minimum Gasteiger partial charge on any atom is -0.343 e. The summed E-state index contributed by atoms with van der Waals surface area (Å²) in [4.78, 5) is 43.7. The topological polar surface area (TPSA) is 96.8 Å². The van der Waals surface area contributed by atoms with Gasteiger partial charge in [0.05, 0.1) is 5.39 Å². The fourth-order valence-electron chi connectivity index (χ4n) is 2.69. The molecular formula is C18H18N4O3. The Kier molecular flexibility index (Phi) is 4.22. The Morgan fingerprint density at radius 3 is 2.72 bits per heavy atom. The van der Waals surface area contributed by atoms with Crippen molar-refractivity contribution in [1.29, 1.82) is 0 Å². The summed E-state index contributed by atoms with van der Waals surface area (Å²) in [6, 6.07) is 8.39. The number of Topliss-reactive ketones (excluding diaryl/α,β-unsaturated/α-hetero) is 1. The van der Waals surface area contributed by atoms with Crippen molar-refractivity contribution in [3.63, 3.8) is 0 Å². The Morgan fingerprint density at radius 2 is 2.00 bits per heavy atom. The molecule has 3 aromatic rings. The number of nitrogens with one attached hydrogen (secondary N) is 2. The molecule has 128 valence electrons. The average molecular weight is 338 g/mol. The summed E-state index contributed by atoms with van der Waals surface area (Å²) in [5.41, 5.74) is 2.11. The van der Waals surface area contributed by atoms with Crippen LogP contribution in [0.3, 0.4) is 0 Å². The van der Waals surface area contributed by atoms with Crippen molar-refractivity contribution in [3.05, 3.63) is 57.8 Å². The summed E-state index contributed by atoms with van der Waals surface area (Å²) in [6.45, 7) is 4.84. The van der Waals surface area contributed by atoms with Gasteiger partial charge >= 0.3 is 0 Å². The first-order chi connectivity index (χ1) is 11.8. The lowest BCUT2D eigenvalue weighted by Gasteiger charge is -2.10. The van der Waals surface area contributed by atoms with Gasteiger partial charge in [0.1, 0.15) is 18.0 Å². The number of aryl methyl sites for hydroxylation is 2. The molecule has 2 heterocycles. The number of nitrogens with zero attached hydrogens (tertiary/aromatic N) is 2. The van der Waals surface area contributed by atoms with Crippen LogP contribution in [0.15, 0.2) is 35.1 Å². The molecule has 0 bridgehead atoms. The first-order valence-corrected chi connectivity index (χ1v) is 7.83. The average Bonchev–Trinajstić information content (AvgIpc) is 2.92. The quantitative estimate of drug-likeness (QED) is 0.713. The van der Waals surface area contributed by atoms with Crippen molar-refractivity contribution < 1.29 is 9.59 Å². The lowest BCUT2D eigenvalue weighted by atomic mass is 10.1. The third-order valence-corrected chi connectivity index (χ3v) is 3.93. The van der Waals surface area contributed by atoms with E-state index in [2.05, 4.69) is 15.3 Å².